The fourth-order valence-corrected chi connectivity index (χ4v) is 3.11. The normalized spacial score (nSPS) is 20.7. The van der Waals surface area contributed by atoms with Crippen LogP contribution in [0, 0.1) is 0 Å². The fraction of sp³-hybridized carbons (Fsp3) is 1.00. The molecule has 10 unspecified atom stereocenters. The fourth-order valence-electron chi connectivity index (χ4n) is 3.11. The lowest BCUT2D eigenvalue weighted by atomic mass is 10.0. The Morgan fingerprint density at radius 3 is 0.889 bits per heavy atom. The molecule has 12 nitrogen and oxygen atoms in total. The topological polar surface area (TPSA) is 177 Å². The van der Waals surface area contributed by atoms with E-state index in [2.05, 4.69) is 0 Å². The molecule has 0 rings (SSSR count). The molecule has 0 fully saturated rings. The van der Waals surface area contributed by atoms with Gasteiger partial charge in [0, 0.05) is 0 Å². The summed E-state index contributed by atoms with van der Waals surface area (Å²) in [5, 5.41) is 57.5. The van der Waals surface area contributed by atoms with Gasteiger partial charge in [-0.05, 0) is 41.5 Å². The number of rotatable bonds is 23. The minimum atomic E-state index is -0.968. The van der Waals surface area contributed by atoms with E-state index >= 15 is 0 Å². The first-order valence-corrected chi connectivity index (χ1v) is 12.6. The van der Waals surface area contributed by atoms with Crippen LogP contribution < -0.4 is 0 Å². The van der Waals surface area contributed by atoms with Crippen molar-refractivity contribution in [2.24, 2.45) is 0 Å². The van der Waals surface area contributed by atoms with Gasteiger partial charge >= 0.3 is 0 Å². The highest BCUT2D eigenvalue weighted by Gasteiger charge is 2.41. The van der Waals surface area contributed by atoms with Gasteiger partial charge in [0.2, 0.25) is 0 Å². The van der Waals surface area contributed by atoms with Crippen LogP contribution in [0.25, 0.3) is 0 Å². The Morgan fingerprint density at radius 1 is 0.389 bits per heavy atom. The van der Waals surface area contributed by atoms with E-state index in [1.54, 1.807) is 41.5 Å². The van der Waals surface area contributed by atoms with Gasteiger partial charge in [-0.25, -0.2) is 0 Å². The standard InChI is InChI=1S/C24H50O12/c1-15(7-25)31-13-21(33-17(3)9-27)23(35-19(5)11-29)24(36-20(6)12-30)22(34-18(4)10-28)14-32-16(2)8-26/h15-30H,7-14H2,1-6H3. The molecule has 0 aliphatic rings. The van der Waals surface area contributed by atoms with E-state index in [1.807, 2.05) is 0 Å². The summed E-state index contributed by atoms with van der Waals surface area (Å²) in [7, 11) is 0. The average Bonchev–Trinajstić information content (AvgIpc) is 2.89. The summed E-state index contributed by atoms with van der Waals surface area (Å²) in [5.41, 5.74) is 0. The van der Waals surface area contributed by atoms with Gasteiger partial charge < -0.3 is 59.1 Å². The Kier molecular flexibility index (Phi) is 20.2. The lowest BCUT2D eigenvalue weighted by Crippen LogP contribution is -2.56. The zero-order valence-corrected chi connectivity index (χ0v) is 22.6. The van der Waals surface area contributed by atoms with Crippen molar-refractivity contribution in [1.82, 2.24) is 0 Å². The molecule has 0 radical (unpaired) electrons. The molecule has 0 bridgehead atoms. The zero-order chi connectivity index (χ0) is 27.7. The summed E-state index contributed by atoms with van der Waals surface area (Å²) in [6.45, 7) is 8.22. The molecule has 36 heavy (non-hydrogen) atoms. The highest BCUT2D eigenvalue weighted by Crippen LogP contribution is 2.24. The SMILES string of the molecule is CC(CO)OCC(OC(C)CO)C(OC(C)CO)C(OC(C)CO)C(COC(C)CO)OC(C)CO. The van der Waals surface area contributed by atoms with Crippen molar-refractivity contribution in [3.63, 3.8) is 0 Å². The van der Waals surface area contributed by atoms with Gasteiger partial charge in [-0.15, -0.1) is 0 Å². The molecule has 0 aliphatic heterocycles. The second-order valence-electron chi connectivity index (χ2n) is 9.18. The van der Waals surface area contributed by atoms with Crippen molar-refractivity contribution in [3.8, 4) is 0 Å². The van der Waals surface area contributed by atoms with Gasteiger partial charge in [0.1, 0.15) is 24.4 Å². The van der Waals surface area contributed by atoms with Crippen LogP contribution in [0.4, 0.5) is 0 Å². The second kappa shape index (κ2) is 20.5. The van der Waals surface area contributed by atoms with E-state index in [9.17, 15) is 30.6 Å². The van der Waals surface area contributed by atoms with E-state index in [-0.39, 0.29) is 52.9 Å². The first-order valence-electron chi connectivity index (χ1n) is 12.6. The third kappa shape index (κ3) is 14.5. The van der Waals surface area contributed by atoms with Gasteiger partial charge in [-0.2, -0.15) is 0 Å². The molecule has 0 aromatic carbocycles. The van der Waals surface area contributed by atoms with E-state index in [0.29, 0.717) is 0 Å². The molecule has 218 valence electrons. The Morgan fingerprint density at radius 2 is 0.639 bits per heavy atom. The van der Waals surface area contributed by atoms with Gasteiger partial charge in [0.15, 0.2) is 0 Å². The Balaban J connectivity index is 6.45. The minimum Gasteiger partial charge on any atom is -0.394 e. The first kappa shape index (κ1) is 35.5. The highest BCUT2D eigenvalue weighted by molar-refractivity contribution is 4.89. The second-order valence-corrected chi connectivity index (χ2v) is 9.18. The highest BCUT2D eigenvalue weighted by atomic mass is 16.6. The van der Waals surface area contributed by atoms with Crippen LogP contribution in [0.2, 0.25) is 0 Å². The van der Waals surface area contributed by atoms with Gasteiger partial charge in [-0.1, -0.05) is 0 Å². The predicted molar refractivity (Wildman–Crippen MR) is 131 cm³/mol. The van der Waals surface area contributed by atoms with Crippen LogP contribution in [-0.2, 0) is 28.4 Å². The van der Waals surface area contributed by atoms with Crippen LogP contribution in [0.15, 0.2) is 0 Å². The molecule has 12 heteroatoms. The maximum absolute atomic E-state index is 9.72. The van der Waals surface area contributed by atoms with E-state index in [4.69, 9.17) is 28.4 Å². The molecule has 0 amide bonds. The van der Waals surface area contributed by atoms with E-state index in [0.717, 1.165) is 0 Å². The lowest BCUT2D eigenvalue weighted by molar-refractivity contribution is -0.239. The monoisotopic (exact) mass is 530 g/mol. The molecule has 0 aromatic heterocycles. The molecular formula is C24H50O12. The predicted octanol–water partition coefficient (Wildman–Crippen LogP) is -1.15. The molecule has 10 atom stereocenters. The average molecular weight is 531 g/mol. The summed E-state index contributed by atoms with van der Waals surface area (Å²) in [4.78, 5) is 0. The number of aliphatic hydroxyl groups excluding tert-OH is 6. The van der Waals surface area contributed by atoms with Crippen LogP contribution in [-0.4, -0.2) is 145 Å². The van der Waals surface area contributed by atoms with E-state index < -0.39 is 61.0 Å². The Bertz CT molecular complexity index is 469. The third-order valence-electron chi connectivity index (χ3n) is 5.28. The van der Waals surface area contributed by atoms with Crippen LogP contribution >= 0.6 is 0 Å². The summed E-state index contributed by atoms with van der Waals surface area (Å²) in [5.74, 6) is 0. The molecule has 0 aromatic rings. The van der Waals surface area contributed by atoms with Gasteiger partial charge in [0.05, 0.1) is 89.5 Å². The van der Waals surface area contributed by atoms with Crippen LogP contribution in [0.5, 0.6) is 0 Å². The summed E-state index contributed by atoms with van der Waals surface area (Å²) < 4.78 is 35.8. The smallest absolute Gasteiger partial charge is 0.115 e. The molecule has 0 heterocycles. The third-order valence-corrected chi connectivity index (χ3v) is 5.28. The number of hydrogen-bond donors (Lipinski definition) is 6. The summed E-state index contributed by atoms with van der Waals surface area (Å²) >= 11 is 0. The number of aliphatic hydroxyl groups is 6. The Labute approximate surface area is 215 Å². The van der Waals surface area contributed by atoms with Gasteiger partial charge in [0.25, 0.3) is 0 Å². The Hall–Kier alpha value is -0.480. The van der Waals surface area contributed by atoms with Crippen molar-refractivity contribution < 1.29 is 59.1 Å². The van der Waals surface area contributed by atoms with Crippen molar-refractivity contribution in [2.45, 2.75) is 103 Å². The zero-order valence-electron chi connectivity index (χ0n) is 22.6. The first-order chi connectivity index (χ1) is 17.1. The molecular weight excluding hydrogens is 480 g/mol. The quantitative estimate of drug-likeness (QED) is 0.0936. The molecule has 0 saturated heterocycles. The largest absolute Gasteiger partial charge is 0.394 e. The van der Waals surface area contributed by atoms with Crippen LogP contribution in [0.3, 0.4) is 0 Å². The summed E-state index contributed by atoms with van der Waals surface area (Å²) in [6, 6.07) is 0. The maximum Gasteiger partial charge on any atom is 0.115 e. The lowest BCUT2D eigenvalue weighted by Gasteiger charge is -2.41. The molecule has 0 spiro atoms. The number of hydrogen-bond acceptors (Lipinski definition) is 12. The van der Waals surface area contributed by atoms with Crippen molar-refractivity contribution >= 4 is 0 Å². The summed E-state index contributed by atoms with van der Waals surface area (Å²) in [6.07, 6.45) is -7.24. The van der Waals surface area contributed by atoms with Crippen molar-refractivity contribution in [2.75, 3.05) is 52.9 Å². The van der Waals surface area contributed by atoms with Gasteiger partial charge in [-0.3, -0.25) is 0 Å². The minimum absolute atomic E-state index is 0.0571. The van der Waals surface area contributed by atoms with Crippen molar-refractivity contribution in [3.05, 3.63) is 0 Å². The van der Waals surface area contributed by atoms with Crippen molar-refractivity contribution in [1.29, 1.82) is 0 Å². The van der Waals surface area contributed by atoms with E-state index in [1.165, 1.54) is 0 Å². The maximum atomic E-state index is 9.72. The molecule has 0 aliphatic carbocycles. The molecule has 6 N–H and O–H groups in total. The number of ether oxygens (including phenoxy) is 6. The van der Waals surface area contributed by atoms with Crippen LogP contribution in [0.1, 0.15) is 41.5 Å². The molecule has 0 saturated carbocycles.